The number of H-pyrrole nitrogens is 1. The van der Waals surface area contributed by atoms with Gasteiger partial charge in [-0.1, -0.05) is 0 Å². The first-order valence-corrected chi connectivity index (χ1v) is 5.89. The molecule has 0 saturated heterocycles. The minimum absolute atomic E-state index is 0.453. The molecule has 0 spiro atoms. The van der Waals surface area contributed by atoms with Gasteiger partial charge in [0.1, 0.15) is 5.82 Å². The fraction of sp³-hybridized carbons (Fsp3) is 0. The van der Waals surface area contributed by atoms with E-state index in [2.05, 4.69) is 30.9 Å². The molecule has 90 valence electrons. The number of aromatic nitrogens is 3. The fourth-order valence-corrected chi connectivity index (χ4v) is 1.99. The molecular formula is C12H6BrF2N3. The van der Waals surface area contributed by atoms with Crippen molar-refractivity contribution in [2.45, 2.75) is 0 Å². The number of rotatable bonds is 1. The predicted molar refractivity (Wildman–Crippen MR) is 66.9 cm³/mol. The summed E-state index contributed by atoms with van der Waals surface area (Å²) in [6.45, 7) is 0. The lowest BCUT2D eigenvalue weighted by Gasteiger charge is -1.97. The molecule has 18 heavy (non-hydrogen) atoms. The summed E-state index contributed by atoms with van der Waals surface area (Å²) in [6.07, 6.45) is 1.62. The highest BCUT2D eigenvalue weighted by molar-refractivity contribution is 9.10. The van der Waals surface area contributed by atoms with Gasteiger partial charge in [0.25, 0.3) is 0 Å². The SMILES string of the molecule is Fc1ccc(-c2nc3ncc(Br)cc3[nH]2)cc1F. The molecule has 0 unspecified atom stereocenters. The second-order valence-electron chi connectivity index (χ2n) is 3.74. The van der Waals surface area contributed by atoms with Gasteiger partial charge in [0.2, 0.25) is 0 Å². The van der Waals surface area contributed by atoms with Gasteiger partial charge >= 0.3 is 0 Å². The number of pyridine rings is 1. The topological polar surface area (TPSA) is 41.6 Å². The van der Waals surface area contributed by atoms with Crippen molar-refractivity contribution < 1.29 is 8.78 Å². The average molecular weight is 310 g/mol. The van der Waals surface area contributed by atoms with E-state index in [0.717, 1.165) is 22.1 Å². The van der Waals surface area contributed by atoms with Crippen molar-refractivity contribution in [2.75, 3.05) is 0 Å². The molecule has 2 aromatic heterocycles. The first kappa shape index (κ1) is 11.3. The summed E-state index contributed by atoms with van der Waals surface area (Å²) in [4.78, 5) is 11.3. The third-order valence-electron chi connectivity index (χ3n) is 2.50. The molecule has 1 aromatic carbocycles. The van der Waals surface area contributed by atoms with Gasteiger partial charge < -0.3 is 4.98 Å². The third-order valence-corrected chi connectivity index (χ3v) is 2.93. The van der Waals surface area contributed by atoms with Gasteiger partial charge in [0.05, 0.1) is 5.52 Å². The van der Waals surface area contributed by atoms with Crippen molar-refractivity contribution in [1.82, 2.24) is 15.0 Å². The Hall–Kier alpha value is -1.82. The fourth-order valence-electron chi connectivity index (χ4n) is 1.65. The molecule has 3 nitrogen and oxygen atoms in total. The van der Waals surface area contributed by atoms with Crippen LogP contribution in [0.4, 0.5) is 8.78 Å². The number of nitrogens with one attached hydrogen (secondary N) is 1. The maximum atomic E-state index is 13.1. The Balaban J connectivity index is 2.16. The Kier molecular flexibility index (Phi) is 2.59. The quantitative estimate of drug-likeness (QED) is 0.745. The Morgan fingerprint density at radius 1 is 1.11 bits per heavy atom. The van der Waals surface area contributed by atoms with E-state index in [1.807, 2.05) is 6.07 Å². The van der Waals surface area contributed by atoms with Crippen LogP contribution in [-0.2, 0) is 0 Å². The Labute approximate surface area is 109 Å². The van der Waals surface area contributed by atoms with Crippen molar-refractivity contribution >= 4 is 27.1 Å². The lowest BCUT2D eigenvalue weighted by atomic mass is 10.2. The number of imidazole rings is 1. The van der Waals surface area contributed by atoms with Crippen molar-refractivity contribution in [1.29, 1.82) is 0 Å². The van der Waals surface area contributed by atoms with Crippen LogP contribution in [0.25, 0.3) is 22.6 Å². The molecule has 0 aliphatic carbocycles. The summed E-state index contributed by atoms with van der Waals surface area (Å²) >= 11 is 3.30. The summed E-state index contributed by atoms with van der Waals surface area (Å²) in [5.41, 5.74) is 1.73. The summed E-state index contributed by atoms with van der Waals surface area (Å²) in [5, 5.41) is 0. The van der Waals surface area contributed by atoms with Crippen molar-refractivity contribution in [2.24, 2.45) is 0 Å². The number of nitrogens with zero attached hydrogens (tertiary/aromatic N) is 2. The van der Waals surface area contributed by atoms with E-state index in [1.165, 1.54) is 6.07 Å². The molecule has 0 radical (unpaired) electrons. The minimum atomic E-state index is -0.901. The van der Waals surface area contributed by atoms with Crippen LogP contribution >= 0.6 is 15.9 Å². The smallest absolute Gasteiger partial charge is 0.178 e. The van der Waals surface area contributed by atoms with Crippen LogP contribution in [0.5, 0.6) is 0 Å². The standard InChI is InChI=1S/C12H6BrF2N3/c13-7-4-10-12(16-5-7)18-11(17-10)6-1-2-8(14)9(15)3-6/h1-5H,(H,16,17,18). The summed E-state index contributed by atoms with van der Waals surface area (Å²) in [6, 6.07) is 5.45. The van der Waals surface area contributed by atoms with Gasteiger partial charge in [-0.05, 0) is 40.2 Å². The maximum absolute atomic E-state index is 13.1. The van der Waals surface area contributed by atoms with Crippen LogP contribution in [0.2, 0.25) is 0 Å². The van der Waals surface area contributed by atoms with E-state index in [1.54, 1.807) is 6.20 Å². The van der Waals surface area contributed by atoms with E-state index >= 15 is 0 Å². The van der Waals surface area contributed by atoms with Gasteiger partial charge in [0, 0.05) is 16.2 Å². The lowest BCUT2D eigenvalue weighted by molar-refractivity contribution is 0.509. The van der Waals surface area contributed by atoms with Crippen LogP contribution in [0.3, 0.4) is 0 Å². The van der Waals surface area contributed by atoms with E-state index < -0.39 is 11.6 Å². The Bertz CT molecular complexity index is 739. The zero-order chi connectivity index (χ0) is 12.7. The molecule has 0 amide bonds. The number of fused-ring (bicyclic) bond motifs is 1. The van der Waals surface area contributed by atoms with E-state index in [4.69, 9.17) is 0 Å². The number of hydrogen-bond donors (Lipinski definition) is 1. The molecular weight excluding hydrogens is 304 g/mol. The summed E-state index contributed by atoms with van der Waals surface area (Å²) < 4.78 is 26.8. The number of aromatic amines is 1. The average Bonchev–Trinajstić information content (AvgIpc) is 2.75. The van der Waals surface area contributed by atoms with Gasteiger partial charge in [-0.2, -0.15) is 0 Å². The molecule has 0 aliphatic heterocycles. The van der Waals surface area contributed by atoms with Gasteiger partial charge in [-0.3, -0.25) is 0 Å². The van der Waals surface area contributed by atoms with E-state index in [9.17, 15) is 8.78 Å². The monoisotopic (exact) mass is 309 g/mol. The van der Waals surface area contributed by atoms with Crippen LogP contribution < -0.4 is 0 Å². The van der Waals surface area contributed by atoms with Crippen LogP contribution in [0.15, 0.2) is 34.9 Å². The summed E-state index contributed by atoms with van der Waals surface area (Å²) in [5.74, 6) is -1.33. The van der Waals surface area contributed by atoms with Gasteiger partial charge in [0.15, 0.2) is 17.3 Å². The number of halogens is 3. The number of benzene rings is 1. The highest BCUT2D eigenvalue weighted by Gasteiger charge is 2.09. The molecule has 0 atom stereocenters. The molecule has 0 saturated carbocycles. The molecule has 0 fully saturated rings. The Morgan fingerprint density at radius 2 is 1.94 bits per heavy atom. The molecule has 2 heterocycles. The maximum Gasteiger partial charge on any atom is 0.178 e. The van der Waals surface area contributed by atoms with E-state index in [0.29, 0.717) is 17.0 Å². The normalized spacial score (nSPS) is 11.1. The van der Waals surface area contributed by atoms with Crippen LogP contribution in [0, 0.1) is 11.6 Å². The molecule has 0 bridgehead atoms. The van der Waals surface area contributed by atoms with Gasteiger partial charge in [-0.25, -0.2) is 18.7 Å². The first-order valence-electron chi connectivity index (χ1n) is 5.10. The van der Waals surface area contributed by atoms with Crippen molar-refractivity contribution in [3.8, 4) is 11.4 Å². The second-order valence-corrected chi connectivity index (χ2v) is 4.65. The third kappa shape index (κ3) is 1.88. The van der Waals surface area contributed by atoms with Crippen LogP contribution in [-0.4, -0.2) is 15.0 Å². The molecule has 1 N–H and O–H groups in total. The Morgan fingerprint density at radius 3 is 2.72 bits per heavy atom. The minimum Gasteiger partial charge on any atom is -0.337 e. The van der Waals surface area contributed by atoms with Gasteiger partial charge in [-0.15, -0.1) is 0 Å². The zero-order valence-electron chi connectivity index (χ0n) is 8.92. The summed E-state index contributed by atoms with van der Waals surface area (Å²) in [7, 11) is 0. The highest BCUT2D eigenvalue weighted by Crippen LogP contribution is 2.22. The van der Waals surface area contributed by atoms with Crippen LogP contribution in [0.1, 0.15) is 0 Å². The van der Waals surface area contributed by atoms with Crippen molar-refractivity contribution in [3.05, 3.63) is 46.6 Å². The van der Waals surface area contributed by atoms with Crippen molar-refractivity contribution in [3.63, 3.8) is 0 Å². The molecule has 3 aromatic rings. The largest absolute Gasteiger partial charge is 0.337 e. The molecule has 3 rings (SSSR count). The highest BCUT2D eigenvalue weighted by atomic mass is 79.9. The second kappa shape index (κ2) is 4.13. The lowest BCUT2D eigenvalue weighted by Crippen LogP contribution is -1.86. The first-order chi connectivity index (χ1) is 8.63. The van der Waals surface area contributed by atoms with E-state index in [-0.39, 0.29) is 0 Å². The molecule has 0 aliphatic rings. The zero-order valence-corrected chi connectivity index (χ0v) is 10.5. The predicted octanol–water partition coefficient (Wildman–Crippen LogP) is 3.67. The molecule has 6 heteroatoms. The number of hydrogen-bond acceptors (Lipinski definition) is 2.